The highest BCUT2D eigenvalue weighted by Gasteiger charge is 2.48. The summed E-state index contributed by atoms with van der Waals surface area (Å²) in [6.07, 6.45) is -3.54. The Balaban J connectivity index is 1.66. The highest BCUT2D eigenvalue weighted by atomic mass is 35.5. The molecule has 5 rings (SSSR count). The standard InChI is InChI=1S/C36H40Cl3NO7/c1-3-5-13-40(14-6-4-2)19-29(46-36-33(43)31(41)32(42)34(47-36)35(44)45)28-18-23(39)17-27-25(15-20-7-9-21(37)10-8-20)26-16-22(38)11-12-24(26)30(27)28/h7-12,15-18,29,31-34,36,41-43H,3-6,13-14,19H2,1-2H3,(H,44,45)/b25-15-/t29-,31-,32-,33+,34-,36+/m0/s1. The number of carbonyl (C=O) groups is 1. The van der Waals surface area contributed by atoms with Crippen LogP contribution in [0.5, 0.6) is 0 Å². The predicted octanol–water partition coefficient (Wildman–Crippen LogP) is 7.07. The summed E-state index contributed by atoms with van der Waals surface area (Å²) < 4.78 is 12.1. The van der Waals surface area contributed by atoms with Gasteiger partial charge in [-0.25, -0.2) is 4.79 Å². The van der Waals surface area contributed by atoms with Crippen LogP contribution in [0.25, 0.3) is 22.8 Å². The molecule has 0 bridgehead atoms. The average molecular weight is 705 g/mol. The quantitative estimate of drug-likeness (QED) is 0.117. The van der Waals surface area contributed by atoms with Gasteiger partial charge in [-0.1, -0.05) is 79.7 Å². The van der Waals surface area contributed by atoms with Gasteiger partial charge < -0.3 is 34.8 Å². The molecule has 47 heavy (non-hydrogen) atoms. The van der Waals surface area contributed by atoms with Crippen LogP contribution < -0.4 is 0 Å². The number of aliphatic carboxylic acids is 1. The first kappa shape index (κ1) is 35.8. The van der Waals surface area contributed by atoms with E-state index in [2.05, 4.69) is 18.7 Å². The summed E-state index contributed by atoms with van der Waals surface area (Å²) in [5, 5.41) is 43.2. The van der Waals surface area contributed by atoms with Gasteiger partial charge in [0.15, 0.2) is 12.4 Å². The minimum atomic E-state index is -1.83. The van der Waals surface area contributed by atoms with Gasteiger partial charge in [-0.2, -0.15) is 0 Å². The summed E-state index contributed by atoms with van der Waals surface area (Å²) in [5.74, 6) is -1.48. The molecule has 3 aromatic carbocycles. The zero-order valence-corrected chi connectivity index (χ0v) is 28.5. The van der Waals surface area contributed by atoms with Gasteiger partial charge >= 0.3 is 5.97 Å². The Morgan fingerprint density at radius 2 is 1.49 bits per heavy atom. The number of carboxylic acid groups (broad SMARTS) is 1. The van der Waals surface area contributed by atoms with E-state index in [1.807, 2.05) is 60.7 Å². The molecule has 0 aromatic heterocycles. The summed E-state index contributed by atoms with van der Waals surface area (Å²) in [7, 11) is 0. The smallest absolute Gasteiger partial charge is 0.335 e. The molecular formula is C36H40Cl3NO7. The lowest BCUT2D eigenvalue weighted by molar-refractivity contribution is -0.306. The summed E-state index contributed by atoms with van der Waals surface area (Å²) in [6, 6.07) is 16.9. The van der Waals surface area contributed by atoms with Gasteiger partial charge in [0.2, 0.25) is 0 Å². The van der Waals surface area contributed by atoms with Gasteiger partial charge in [0, 0.05) is 21.6 Å². The van der Waals surface area contributed by atoms with E-state index in [-0.39, 0.29) is 0 Å². The van der Waals surface area contributed by atoms with Crippen molar-refractivity contribution in [3.8, 4) is 11.1 Å². The van der Waals surface area contributed by atoms with Crippen LogP contribution >= 0.6 is 34.8 Å². The second-order valence-electron chi connectivity index (χ2n) is 12.1. The van der Waals surface area contributed by atoms with E-state index in [1.54, 1.807) is 0 Å². The number of hydrogen-bond donors (Lipinski definition) is 4. The first-order chi connectivity index (χ1) is 22.5. The van der Waals surface area contributed by atoms with Gasteiger partial charge in [-0.15, -0.1) is 0 Å². The zero-order chi connectivity index (χ0) is 33.8. The Labute approximate surface area is 290 Å². The Kier molecular flexibility index (Phi) is 12.0. The van der Waals surface area contributed by atoms with Gasteiger partial charge in [0.05, 0.1) is 6.10 Å². The lowest BCUT2D eigenvalue weighted by Gasteiger charge is -2.40. The van der Waals surface area contributed by atoms with Crippen molar-refractivity contribution in [2.75, 3.05) is 19.6 Å². The van der Waals surface area contributed by atoms with Crippen LogP contribution in [0, 0.1) is 0 Å². The van der Waals surface area contributed by atoms with Crippen LogP contribution in [0.15, 0.2) is 54.6 Å². The number of hydrogen-bond acceptors (Lipinski definition) is 7. The number of rotatable bonds is 13. The number of carboxylic acids is 1. The van der Waals surface area contributed by atoms with Crippen molar-refractivity contribution in [2.24, 2.45) is 0 Å². The molecule has 0 radical (unpaired) electrons. The van der Waals surface area contributed by atoms with E-state index in [4.69, 9.17) is 44.3 Å². The molecule has 11 heteroatoms. The van der Waals surface area contributed by atoms with Crippen molar-refractivity contribution in [2.45, 2.75) is 76.3 Å². The highest BCUT2D eigenvalue weighted by Crippen LogP contribution is 2.50. The third kappa shape index (κ3) is 8.05. The van der Waals surface area contributed by atoms with Crippen LogP contribution in [0.3, 0.4) is 0 Å². The Hall–Kier alpha value is -2.50. The SMILES string of the molecule is CCCCN(CCCC)C[C@H](O[C@@H]1O[C@H](C(=O)O)[C@@H](O)[C@H](O)[C@H]1O)c1cc(Cl)cc2c1-c1ccc(Cl)cc1/C2=C/c1ccc(Cl)cc1. The highest BCUT2D eigenvalue weighted by molar-refractivity contribution is 6.32. The molecule has 4 N–H and O–H groups in total. The van der Waals surface area contributed by atoms with E-state index < -0.39 is 42.8 Å². The third-order valence-electron chi connectivity index (χ3n) is 8.68. The van der Waals surface area contributed by atoms with Gasteiger partial charge in [0.25, 0.3) is 0 Å². The number of aliphatic hydroxyl groups excluding tert-OH is 3. The summed E-state index contributed by atoms with van der Waals surface area (Å²) in [5.41, 5.74) is 6.04. The fourth-order valence-electron chi connectivity index (χ4n) is 6.21. The minimum absolute atomic E-state index is 0.370. The third-order valence-corrected chi connectivity index (χ3v) is 9.39. The summed E-state index contributed by atoms with van der Waals surface area (Å²) >= 11 is 19.5. The molecule has 0 amide bonds. The molecule has 1 fully saturated rings. The second kappa shape index (κ2) is 15.8. The lowest BCUT2D eigenvalue weighted by Crippen LogP contribution is -2.60. The van der Waals surface area contributed by atoms with Crippen molar-refractivity contribution in [3.05, 3.63) is 91.9 Å². The summed E-state index contributed by atoms with van der Waals surface area (Å²) in [6.45, 7) is 6.20. The molecule has 8 nitrogen and oxygen atoms in total. The fourth-order valence-corrected chi connectivity index (χ4v) is 6.74. The van der Waals surface area contributed by atoms with Crippen molar-refractivity contribution in [1.82, 2.24) is 4.90 Å². The molecule has 0 spiro atoms. The maximum absolute atomic E-state index is 11.9. The fraction of sp³-hybridized carbons (Fsp3) is 0.417. The number of aliphatic hydroxyl groups is 3. The minimum Gasteiger partial charge on any atom is -0.479 e. The molecule has 0 saturated carbocycles. The Morgan fingerprint density at radius 3 is 2.13 bits per heavy atom. The Morgan fingerprint density at radius 1 is 0.851 bits per heavy atom. The molecule has 1 heterocycles. The predicted molar refractivity (Wildman–Crippen MR) is 185 cm³/mol. The molecule has 2 aliphatic rings. The second-order valence-corrected chi connectivity index (χ2v) is 13.4. The maximum Gasteiger partial charge on any atom is 0.335 e. The largest absolute Gasteiger partial charge is 0.479 e. The van der Waals surface area contributed by atoms with Crippen molar-refractivity contribution < 1.29 is 34.7 Å². The van der Waals surface area contributed by atoms with Gasteiger partial charge in [0.1, 0.15) is 18.3 Å². The maximum atomic E-state index is 11.9. The van der Waals surface area contributed by atoms with Crippen LogP contribution in [0.2, 0.25) is 15.1 Å². The first-order valence-electron chi connectivity index (χ1n) is 15.9. The first-order valence-corrected chi connectivity index (χ1v) is 17.1. The normalized spacial score (nSPS) is 23.6. The number of fused-ring (bicyclic) bond motifs is 3. The molecule has 252 valence electrons. The van der Waals surface area contributed by atoms with Gasteiger partial charge in [-0.05, 0) is 107 Å². The van der Waals surface area contributed by atoms with Crippen LogP contribution in [-0.4, -0.2) is 81.6 Å². The van der Waals surface area contributed by atoms with E-state index in [0.29, 0.717) is 27.2 Å². The molecule has 1 saturated heterocycles. The molecule has 1 aliphatic carbocycles. The molecule has 0 unspecified atom stereocenters. The lowest BCUT2D eigenvalue weighted by atomic mass is 9.94. The molecule has 3 aromatic rings. The number of benzene rings is 3. The topological polar surface area (TPSA) is 120 Å². The zero-order valence-electron chi connectivity index (χ0n) is 26.3. The average Bonchev–Trinajstić information content (AvgIpc) is 3.34. The van der Waals surface area contributed by atoms with Crippen LogP contribution in [-0.2, 0) is 14.3 Å². The van der Waals surface area contributed by atoms with E-state index in [1.165, 1.54) is 0 Å². The number of unbranched alkanes of at least 4 members (excludes halogenated alkanes) is 2. The van der Waals surface area contributed by atoms with Crippen LogP contribution in [0.1, 0.15) is 67.9 Å². The monoisotopic (exact) mass is 703 g/mol. The molecular weight excluding hydrogens is 665 g/mol. The van der Waals surface area contributed by atoms with Gasteiger partial charge in [-0.3, -0.25) is 0 Å². The number of nitrogens with zero attached hydrogens (tertiary/aromatic N) is 1. The van der Waals surface area contributed by atoms with E-state index in [9.17, 15) is 25.2 Å². The Bertz CT molecular complexity index is 1590. The van der Waals surface area contributed by atoms with Crippen LogP contribution in [0.4, 0.5) is 0 Å². The van der Waals surface area contributed by atoms with Crippen molar-refractivity contribution in [3.63, 3.8) is 0 Å². The number of ether oxygens (including phenoxy) is 2. The van der Waals surface area contributed by atoms with E-state index in [0.717, 1.165) is 72.2 Å². The molecule has 1 aliphatic heterocycles. The van der Waals surface area contributed by atoms with E-state index >= 15 is 0 Å². The van der Waals surface area contributed by atoms with Crippen molar-refractivity contribution >= 4 is 52.4 Å². The van der Waals surface area contributed by atoms with Crippen molar-refractivity contribution in [1.29, 1.82) is 0 Å². The molecule has 6 atom stereocenters. The number of halogens is 3. The summed E-state index contributed by atoms with van der Waals surface area (Å²) in [4.78, 5) is 14.2.